The van der Waals surface area contributed by atoms with Gasteiger partial charge in [0.2, 0.25) is 5.91 Å². The van der Waals surface area contributed by atoms with Gasteiger partial charge in [0, 0.05) is 17.8 Å². The minimum absolute atomic E-state index is 0.167. The van der Waals surface area contributed by atoms with Gasteiger partial charge in [-0.05, 0) is 56.2 Å². The second-order valence-corrected chi connectivity index (χ2v) is 6.10. The van der Waals surface area contributed by atoms with Gasteiger partial charge in [-0.1, -0.05) is 17.7 Å². The first-order valence-corrected chi connectivity index (χ1v) is 7.91. The number of anilines is 1. The van der Waals surface area contributed by atoms with Crippen molar-refractivity contribution in [3.8, 4) is 0 Å². The zero-order valence-electron chi connectivity index (χ0n) is 13.7. The monoisotopic (exact) mass is 326 g/mol. The fourth-order valence-electron chi connectivity index (χ4n) is 3.00. The molecule has 1 heterocycles. The molecule has 1 atom stereocenters. The van der Waals surface area contributed by atoms with E-state index in [4.69, 9.17) is 0 Å². The lowest BCUT2D eigenvalue weighted by Gasteiger charge is -2.17. The number of halogens is 1. The molecule has 0 radical (unpaired) electrons. The van der Waals surface area contributed by atoms with Crippen LogP contribution in [0.3, 0.4) is 0 Å². The van der Waals surface area contributed by atoms with Crippen LogP contribution >= 0.6 is 0 Å². The highest BCUT2D eigenvalue weighted by Crippen LogP contribution is 2.22. The van der Waals surface area contributed by atoms with Gasteiger partial charge in [0.05, 0.1) is 0 Å². The summed E-state index contributed by atoms with van der Waals surface area (Å²) < 4.78 is 13.0. The normalized spacial score (nSPS) is 17.2. The van der Waals surface area contributed by atoms with Gasteiger partial charge in [-0.25, -0.2) is 4.39 Å². The summed E-state index contributed by atoms with van der Waals surface area (Å²) in [5.74, 6) is -0.753. The summed E-state index contributed by atoms with van der Waals surface area (Å²) in [7, 11) is 0. The molecule has 0 spiro atoms. The second kappa shape index (κ2) is 6.43. The number of nitrogens with zero attached hydrogens (tertiary/aromatic N) is 1. The average molecular weight is 326 g/mol. The maximum absolute atomic E-state index is 13.0. The van der Waals surface area contributed by atoms with Crippen molar-refractivity contribution in [2.45, 2.75) is 26.3 Å². The third-order valence-corrected chi connectivity index (χ3v) is 4.28. The molecule has 5 heteroatoms. The number of nitrogens with one attached hydrogen (secondary N) is 1. The first-order chi connectivity index (χ1) is 11.5. The number of aryl methyl sites for hydroxylation is 2. The maximum Gasteiger partial charge on any atom is 0.252 e. The van der Waals surface area contributed by atoms with Crippen LogP contribution in [0.5, 0.6) is 0 Å². The molecule has 0 aromatic heterocycles. The van der Waals surface area contributed by atoms with E-state index in [0.717, 1.165) is 11.1 Å². The molecular formula is C19H19FN2O2. The Balaban J connectivity index is 1.71. The number of carbonyl (C=O) groups excluding carboxylic acids is 2. The fraction of sp³-hybridized carbons (Fsp3) is 0.263. The molecule has 1 saturated heterocycles. The summed E-state index contributed by atoms with van der Waals surface area (Å²) in [6.07, 6.45) is 0.535. The summed E-state index contributed by atoms with van der Waals surface area (Å²) in [4.78, 5) is 26.5. The first-order valence-electron chi connectivity index (χ1n) is 7.91. The van der Waals surface area contributed by atoms with Gasteiger partial charge in [0.1, 0.15) is 11.9 Å². The number of benzene rings is 2. The molecule has 124 valence electrons. The Labute approximate surface area is 140 Å². The van der Waals surface area contributed by atoms with Gasteiger partial charge in [0.15, 0.2) is 0 Å². The minimum Gasteiger partial charge on any atom is -0.340 e. The molecule has 0 bridgehead atoms. The van der Waals surface area contributed by atoms with Gasteiger partial charge in [-0.15, -0.1) is 0 Å². The van der Waals surface area contributed by atoms with Crippen molar-refractivity contribution in [1.29, 1.82) is 0 Å². The van der Waals surface area contributed by atoms with E-state index in [0.29, 0.717) is 24.2 Å². The molecule has 1 aliphatic rings. The van der Waals surface area contributed by atoms with Crippen LogP contribution in [0.1, 0.15) is 27.9 Å². The second-order valence-electron chi connectivity index (χ2n) is 6.10. The van der Waals surface area contributed by atoms with E-state index >= 15 is 0 Å². The van der Waals surface area contributed by atoms with Crippen molar-refractivity contribution < 1.29 is 14.0 Å². The van der Waals surface area contributed by atoms with Crippen LogP contribution in [0.25, 0.3) is 0 Å². The van der Waals surface area contributed by atoms with E-state index in [9.17, 15) is 14.0 Å². The third kappa shape index (κ3) is 3.15. The molecule has 0 saturated carbocycles. The molecule has 1 aliphatic heterocycles. The SMILES string of the molecule is Cc1ccc(C(=O)NC2CCN(c3ccc(F)cc3)C2=O)c(C)c1. The molecule has 2 aromatic carbocycles. The average Bonchev–Trinajstić information content (AvgIpc) is 2.89. The zero-order chi connectivity index (χ0) is 17.3. The Morgan fingerprint density at radius 3 is 2.54 bits per heavy atom. The van der Waals surface area contributed by atoms with E-state index < -0.39 is 6.04 Å². The molecule has 24 heavy (non-hydrogen) atoms. The van der Waals surface area contributed by atoms with Crippen molar-refractivity contribution in [3.63, 3.8) is 0 Å². The molecule has 4 nitrogen and oxygen atoms in total. The van der Waals surface area contributed by atoms with Gasteiger partial charge in [-0.3, -0.25) is 9.59 Å². The summed E-state index contributed by atoms with van der Waals surface area (Å²) in [6.45, 7) is 4.35. The first kappa shape index (κ1) is 16.2. The van der Waals surface area contributed by atoms with Gasteiger partial charge >= 0.3 is 0 Å². The zero-order valence-corrected chi connectivity index (χ0v) is 13.7. The van der Waals surface area contributed by atoms with Crippen molar-refractivity contribution in [2.75, 3.05) is 11.4 Å². The molecule has 0 aliphatic carbocycles. The number of carbonyl (C=O) groups is 2. The quantitative estimate of drug-likeness (QED) is 0.943. The Kier molecular flexibility index (Phi) is 4.34. The summed E-state index contributed by atoms with van der Waals surface area (Å²) in [5, 5.41) is 2.81. The lowest BCUT2D eigenvalue weighted by Crippen LogP contribution is -2.41. The van der Waals surface area contributed by atoms with Crippen LogP contribution in [-0.2, 0) is 4.79 Å². The van der Waals surface area contributed by atoms with Crippen LogP contribution in [0.2, 0.25) is 0 Å². The largest absolute Gasteiger partial charge is 0.340 e. The van der Waals surface area contributed by atoms with E-state index in [-0.39, 0.29) is 17.6 Å². The van der Waals surface area contributed by atoms with Gasteiger partial charge in [0.25, 0.3) is 5.91 Å². The Morgan fingerprint density at radius 2 is 1.88 bits per heavy atom. The van der Waals surface area contributed by atoms with Crippen LogP contribution in [0.4, 0.5) is 10.1 Å². The minimum atomic E-state index is -0.553. The molecule has 1 fully saturated rings. The predicted molar refractivity (Wildman–Crippen MR) is 90.5 cm³/mol. The van der Waals surface area contributed by atoms with Gasteiger partial charge < -0.3 is 10.2 Å². The summed E-state index contributed by atoms with van der Waals surface area (Å²) >= 11 is 0. The van der Waals surface area contributed by atoms with Crippen LogP contribution in [-0.4, -0.2) is 24.4 Å². The van der Waals surface area contributed by atoms with Crippen molar-refractivity contribution in [1.82, 2.24) is 5.32 Å². The fourth-order valence-corrected chi connectivity index (χ4v) is 3.00. The Bertz CT molecular complexity index is 786. The van der Waals surface area contributed by atoms with E-state index in [2.05, 4.69) is 5.32 Å². The highest BCUT2D eigenvalue weighted by atomic mass is 19.1. The Morgan fingerprint density at radius 1 is 1.17 bits per heavy atom. The predicted octanol–water partition coefficient (Wildman–Crippen LogP) is 2.98. The lowest BCUT2D eigenvalue weighted by molar-refractivity contribution is -0.118. The van der Waals surface area contributed by atoms with Gasteiger partial charge in [-0.2, -0.15) is 0 Å². The third-order valence-electron chi connectivity index (χ3n) is 4.28. The Hall–Kier alpha value is -2.69. The summed E-state index contributed by atoms with van der Waals surface area (Å²) in [5.41, 5.74) is 3.19. The molecule has 1 N–H and O–H groups in total. The number of amides is 2. The lowest BCUT2D eigenvalue weighted by atomic mass is 10.0. The highest BCUT2D eigenvalue weighted by Gasteiger charge is 2.33. The molecule has 3 rings (SSSR count). The van der Waals surface area contributed by atoms with Crippen LogP contribution < -0.4 is 10.2 Å². The van der Waals surface area contributed by atoms with Crippen LogP contribution in [0, 0.1) is 19.7 Å². The van der Waals surface area contributed by atoms with Crippen molar-refractivity contribution in [3.05, 3.63) is 65.0 Å². The number of hydrogen-bond donors (Lipinski definition) is 1. The number of rotatable bonds is 3. The van der Waals surface area contributed by atoms with Crippen LogP contribution in [0.15, 0.2) is 42.5 Å². The highest BCUT2D eigenvalue weighted by molar-refractivity contribution is 6.04. The topological polar surface area (TPSA) is 49.4 Å². The smallest absolute Gasteiger partial charge is 0.252 e. The number of hydrogen-bond acceptors (Lipinski definition) is 2. The maximum atomic E-state index is 13.0. The van der Waals surface area contributed by atoms with Crippen molar-refractivity contribution in [2.24, 2.45) is 0 Å². The van der Waals surface area contributed by atoms with E-state index in [1.807, 2.05) is 26.0 Å². The summed E-state index contributed by atoms with van der Waals surface area (Å²) in [6, 6.07) is 10.8. The molecule has 2 amide bonds. The van der Waals surface area contributed by atoms with E-state index in [1.54, 1.807) is 23.1 Å². The molecular weight excluding hydrogens is 307 g/mol. The van der Waals surface area contributed by atoms with Crippen molar-refractivity contribution >= 4 is 17.5 Å². The van der Waals surface area contributed by atoms with E-state index in [1.165, 1.54) is 12.1 Å². The standard InChI is InChI=1S/C19H19FN2O2/c1-12-3-8-16(13(2)11-12)18(23)21-17-9-10-22(19(17)24)15-6-4-14(20)5-7-15/h3-8,11,17H,9-10H2,1-2H3,(H,21,23). The molecule has 1 unspecified atom stereocenters. The molecule has 2 aromatic rings.